The maximum Gasteiger partial charge on any atom is 0.340 e. The van der Waals surface area contributed by atoms with Gasteiger partial charge in [0.25, 0.3) is 5.91 Å². The minimum absolute atomic E-state index is 0.168. The second kappa shape index (κ2) is 8.12. The fraction of sp³-hybridized carbons (Fsp3) is 0.118. The van der Waals surface area contributed by atoms with Crippen molar-refractivity contribution in [3.05, 3.63) is 64.7 Å². The second-order valence-corrected chi connectivity index (χ2v) is 5.05. The molecule has 0 aliphatic rings. The number of esters is 2. The van der Waals surface area contributed by atoms with Crippen molar-refractivity contribution in [1.29, 1.82) is 0 Å². The summed E-state index contributed by atoms with van der Waals surface area (Å²) in [5.41, 5.74) is 0.635. The Morgan fingerprint density at radius 1 is 0.958 bits per heavy atom. The van der Waals surface area contributed by atoms with Gasteiger partial charge in [0.05, 0.1) is 28.9 Å². The van der Waals surface area contributed by atoms with Crippen LogP contribution in [-0.4, -0.2) is 31.6 Å². The molecule has 6 nitrogen and oxygen atoms in total. The zero-order valence-corrected chi connectivity index (χ0v) is 13.5. The normalized spacial score (nSPS) is 9.92. The van der Waals surface area contributed by atoms with Crippen LogP contribution in [0.15, 0.2) is 48.5 Å². The predicted molar refractivity (Wildman–Crippen MR) is 88.1 cm³/mol. The molecule has 2 aromatic carbocycles. The molecule has 0 radical (unpaired) electrons. The van der Waals surface area contributed by atoms with Crippen LogP contribution in [0.4, 0.5) is 5.69 Å². The van der Waals surface area contributed by atoms with E-state index in [1.165, 1.54) is 19.2 Å². The molecule has 2 rings (SSSR count). The van der Waals surface area contributed by atoms with Crippen molar-refractivity contribution in [2.75, 3.05) is 19.0 Å². The van der Waals surface area contributed by atoms with Crippen LogP contribution >= 0.6 is 11.6 Å². The molecule has 0 aliphatic carbocycles. The number of methoxy groups -OCH3 is 1. The summed E-state index contributed by atoms with van der Waals surface area (Å²) in [5.74, 6) is -1.89. The number of hydrogen-bond acceptors (Lipinski definition) is 5. The third-order valence-corrected chi connectivity index (χ3v) is 3.36. The van der Waals surface area contributed by atoms with Gasteiger partial charge in [-0.3, -0.25) is 4.79 Å². The Morgan fingerprint density at radius 3 is 2.25 bits per heavy atom. The number of hydrogen-bond donors (Lipinski definition) is 1. The van der Waals surface area contributed by atoms with E-state index in [9.17, 15) is 14.4 Å². The molecule has 0 aliphatic heterocycles. The highest BCUT2D eigenvalue weighted by molar-refractivity contribution is 6.33. The first-order valence-corrected chi connectivity index (χ1v) is 7.29. The van der Waals surface area contributed by atoms with Gasteiger partial charge in [-0.25, -0.2) is 9.59 Å². The molecule has 0 fully saturated rings. The van der Waals surface area contributed by atoms with Crippen LogP contribution < -0.4 is 5.32 Å². The first-order chi connectivity index (χ1) is 11.5. The van der Waals surface area contributed by atoms with Crippen LogP contribution in [0.2, 0.25) is 5.02 Å². The molecule has 0 spiro atoms. The number of nitrogens with one attached hydrogen (secondary N) is 1. The maximum atomic E-state index is 11.9. The largest absolute Gasteiger partial charge is 0.465 e. The van der Waals surface area contributed by atoms with Gasteiger partial charge >= 0.3 is 11.9 Å². The quantitative estimate of drug-likeness (QED) is 0.841. The molecule has 1 amide bonds. The monoisotopic (exact) mass is 347 g/mol. The third kappa shape index (κ3) is 4.33. The number of ether oxygens (including phenoxy) is 2. The van der Waals surface area contributed by atoms with E-state index < -0.39 is 24.5 Å². The Hall–Kier alpha value is -2.86. The molecule has 2 aromatic rings. The summed E-state index contributed by atoms with van der Waals surface area (Å²) < 4.78 is 9.56. The lowest BCUT2D eigenvalue weighted by atomic mass is 10.2. The zero-order valence-electron chi connectivity index (χ0n) is 12.7. The highest BCUT2D eigenvalue weighted by atomic mass is 35.5. The molecule has 124 valence electrons. The minimum Gasteiger partial charge on any atom is -0.465 e. The third-order valence-electron chi connectivity index (χ3n) is 3.03. The summed E-state index contributed by atoms with van der Waals surface area (Å²) >= 11 is 5.88. The Labute approximate surface area is 143 Å². The van der Waals surface area contributed by atoms with E-state index in [-0.39, 0.29) is 21.8 Å². The van der Waals surface area contributed by atoms with Crippen molar-refractivity contribution < 1.29 is 23.9 Å². The lowest BCUT2D eigenvalue weighted by molar-refractivity contribution is -0.119. The fourth-order valence-corrected chi connectivity index (χ4v) is 2.11. The molecule has 0 bridgehead atoms. The molecule has 0 aromatic heterocycles. The summed E-state index contributed by atoms with van der Waals surface area (Å²) in [6, 6.07) is 12.7. The number of anilines is 1. The SMILES string of the molecule is COC(=O)c1ccccc1NC(=O)COC(=O)c1ccccc1Cl. The number of benzene rings is 2. The number of rotatable bonds is 5. The first kappa shape index (κ1) is 17.5. The van der Waals surface area contributed by atoms with Gasteiger partial charge in [0, 0.05) is 0 Å². The van der Waals surface area contributed by atoms with Gasteiger partial charge in [-0.2, -0.15) is 0 Å². The zero-order chi connectivity index (χ0) is 17.5. The summed E-state index contributed by atoms with van der Waals surface area (Å²) in [6.07, 6.45) is 0. The van der Waals surface area contributed by atoms with Crippen LogP contribution in [0.3, 0.4) is 0 Å². The van der Waals surface area contributed by atoms with E-state index in [0.29, 0.717) is 0 Å². The molecule has 0 unspecified atom stereocenters. The molecule has 0 saturated heterocycles. The van der Waals surface area contributed by atoms with Gasteiger partial charge in [0.2, 0.25) is 0 Å². The lowest BCUT2D eigenvalue weighted by Crippen LogP contribution is -2.22. The molecule has 0 atom stereocenters. The summed E-state index contributed by atoms with van der Waals surface area (Å²) in [4.78, 5) is 35.4. The average Bonchev–Trinajstić information content (AvgIpc) is 2.60. The molecule has 24 heavy (non-hydrogen) atoms. The fourth-order valence-electron chi connectivity index (χ4n) is 1.90. The predicted octanol–water partition coefficient (Wildman–Crippen LogP) is 2.92. The number of amides is 1. The molecular weight excluding hydrogens is 334 g/mol. The average molecular weight is 348 g/mol. The van der Waals surface area contributed by atoms with Crippen molar-refractivity contribution in [1.82, 2.24) is 0 Å². The van der Waals surface area contributed by atoms with Crippen LogP contribution in [0.25, 0.3) is 0 Å². The van der Waals surface area contributed by atoms with Crippen molar-refractivity contribution in [2.45, 2.75) is 0 Å². The van der Waals surface area contributed by atoms with Crippen LogP contribution in [-0.2, 0) is 14.3 Å². The second-order valence-electron chi connectivity index (χ2n) is 4.64. The Morgan fingerprint density at radius 2 is 1.58 bits per heavy atom. The van der Waals surface area contributed by atoms with Gasteiger partial charge in [0.15, 0.2) is 6.61 Å². The molecule has 0 saturated carbocycles. The van der Waals surface area contributed by atoms with E-state index in [2.05, 4.69) is 10.1 Å². The van der Waals surface area contributed by atoms with Crippen LogP contribution in [0, 0.1) is 0 Å². The van der Waals surface area contributed by atoms with Crippen LogP contribution in [0.1, 0.15) is 20.7 Å². The van der Waals surface area contributed by atoms with E-state index in [1.807, 2.05) is 0 Å². The summed E-state index contributed by atoms with van der Waals surface area (Å²) in [5, 5.41) is 2.73. The Kier molecular flexibility index (Phi) is 5.92. The van der Waals surface area contributed by atoms with Crippen LogP contribution in [0.5, 0.6) is 0 Å². The molecule has 1 N–H and O–H groups in total. The topological polar surface area (TPSA) is 81.7 Å². The van der Waals surface area contributed by atoms with Crippen molar-refractivity contribution in [3.8, 4) is 0 Å². The standard InChI is InChI=1S/C17H14ClNO5/c1-23-16(21)12-7-3-5-9-14(12)19-15(20)10-24-17(22)11-6-2-4-8-13(11)18/h2-9H,10H2,1H3,(H,19,20). The number of carbonyl (C=O) groups excluding carboxylic acids is 3. The van der Waals surface area contributed by atoms with Gasteiger partial charge < -0.3 is 14.8 Å². The van der Waals surface area contributed by atoms with Gasteiger partial charge in [-0.1, -0.05) is 35.9 Å². The Balaban J connectivity index is 1.99. The minimum atomic E-state index is -0.711. The lowest BCUT2D eigenvalue weighted by Gasteiger charge is -2.10. The van der Waals surface area contributed by atoms with E-state index in [4.69, 9.17) is 16.3 Å². The molecule has 0 heterocycles. The maximum absolute atomic E-state index is 11.9. The van der Waals surface area contributed by atoms with E-state index in [1.54, 1.807) is 36.4 Å². The number of para-hydroxylation sites is 1. The molecular formula is C17H14ClNO5. The van der Waals surface area contributed by atoms with E-state index in [0.717, 1.165) is 0 Å². The first-order valence-electron chi connectivity index (χ1n) is 6.91. The smallest absolute Gasteiger partial charge is 0.340 e. The summed E-state index contributed by atoms with van der Waals surface area (Å²) in [6.45, 7) is -0.514. The van der Waals surface area contributed by atoms with Gasteiger partial charge in [0.1, 0.15) is 0 Å². The highest BCUT2D eigenvalue weighted by Gasteiger charge is 2.16. The molecule has 7 heteroatoms. The highest BCUT2D eigenvalue weighted by Crippen LogP contribution is 2.17. The number of halogens is 1. The number of carbonyl (C=O) groups is 3. The van der Waals surface area contributed by atoms with Gasteiger partial charge in [-0.15, -0.1) is 0 Å². The summed E-state index contributed by atoms with van der Waals surface area (Å²) in [7, 11) is 1.24. The van der Waals surface area contributed by atoms with Gasteiger partial charge in [-0.05, 0) is 24.3 Å². The van der Waals surface area contributed by atoms with Crippen molar-refractivity contribution in [2.24, 2.45) is 0 Å². The van der Waals surface area contributed by atoms with Crippen molar-refractivity contribution >= 4 is 35.1 Å². The Bertz CT molecular complexity index is 775. The van der Waals surface area contributed by atoms with E-state index >= 15 is 0 Å². The van der Waals surface area contributed by atoms with Crippen molar-refractivity contribution in [3.63, 3.8) is 0 Å².